The largest absolute Gasteiger partial charge is 0.311 e. The van der Waals surface area contributed by atoms with Crippen LogP contribution in [0.2, 0.25) is 0 Å². The van der Waals surface area contributed by atoms with Crippen LogP contribution >= 0.6 is 11.3 Å². The van der Waals surface area contributed by atoms with Crippen LogP contribution in [0.25, 0.3) is 21.2 Å². The lowest BCUT2D eigenvalue weighted by Gasteiger charge is -2.47. The topological polar surface area (TPSA) is 6.48 Å². The summed E-state index contributed by atoms with van der Waals surface area (Å²) in [5, 5.41) is 1.42. The van der Waals surface area contributed by atoms with Crippen LogP contribution in [0.3, 0.4) is 0 Å². The number of thiophene rings is 1. The fraction of sp³-hybridized carbons (Fsp3) is 0.415. The number of anilines is 6. The third kappa shape index (κ3) is 6.55. The van der Waals surface area contributed by atoms with Gasteiger partial charge in [0.2, 0.25) is 0 Å². The zero-order valence-electron chi connectivity index (χ0n) is 44.3. The molecule has 12 rings (SSSR count). The Labute approximate surface area is 418 Å². The van der Waals surface area contributed by atoms with E-state index in [1.165, 1.54) is 125 Å². The molecule has 2 nitrogen and oxygen atoms in total. The highest BCUT2D eigenvalue weighted by Gasteiger charge is 2.54. The molecular formula is C65H73BN2S. The summed E-state index contributed by atoms with van der Waals surface area (Å²) in [5.41, 5.74) is 23.8. The molecule has 1 fully saturated rings. The van der Waals surface area contributed by atoms with Gasteiger partial charge in [-0.2, -0.15) is 0 Å². The molecule has 69 heavy (non-hydrogen) atoms. The van der Waals surface area contributed by atoms with E-state index < -0.39 is 0 Å². The second kappa shape index (κ2) is 14.5. The van der Waals surface area contributed by atoms with Gasteiger partial charge in [-0.25, -0.2) is 0 Å². The highest BCUT2D eigenvalue weighted by Crippen LogP contribution is 2.63. The van der Waals surface area contributed by atoms with Crippen LogP contribution < -0.4 is 25.5 Å². The van der Waals surface area contributed by atoms with E-state index in [0.717, 1.165) is 5.92 Å². The second-order valence-electron chi connectivity index (χ2n) is 26.8. The van der Waals surface area contributed by atoms with Crippen molar-refractivity contribution >= 4 is 78.0 Å². The summed E-state index contributed by atoms with van der Waals surface area (Å²) in [6.07, 6.45) is 4.99. The van der Waals surface area contributed by atoms with Crippen LogP contribution in [0.4, 0.5) is 34.1 Å². The van der Waals surface area contributed by atoms with E-state index >= 15 is 0 Å². The maximum atomic E-state index is 2.74. The van der Waals surface area contributed by atoms with Gasteiger partial charge in [0, 0.05) is 43.2 Å². The second-order valence-corrected chi connectivity index (χ2v) is 27.8. The molecule has 0 amide bonds. The van der Waals surface area contributed by atoms with Crippen LogP contribution in [0.1, 0.15) is 174 Å². The van der Waals surface area contributed by atoms with Gasteiger partial charge in [-0.3, -0.25) is 0 Å². The Kier molecular flexibility index (Phi) is 9.50. The molecule has 1 aromatic heterocycles. The summed E-state index contributed by atoms with van der Waals surface area (Å²) in [6, 6.07) is 44.2. The summed E-state index contributed by atoms with van der Waals surface area (Å²) in [6.45, 7) is 36.4. The lowest BCUT2D eigenvalue weighted by molar-refractivity contribution is 0.142. The van der Waals surface area contributed by atoms with Gasteiger partial charge in [-0.15, -0.1) is 11.3 Å². The van der Waals surface area contributed by atoms with Gasteiger partial charge in [0.25, 0.3) is 6.71 Å². The Morgan fingerprint density at radius 1 is 0.565 bits per heavy atom. The molecule has 2 aliphatic heterocycles. The molecule has 3 atom stereocenters. The molecule has 3 unspecified atom stereocenters. The van der Waals surface area contributed by atoms with Gasteiger partial charge in [-0.05, 0) is 180 Å². The fourth-order valence-electron chi connectivity index (χ4n) is 13.7. The zero-order chi connectivity index (χ0) is 48.7. The van der Waals surface area contributed by atoms with Crippen molar-refractivity contribution in [2.75, 3.05) is 9.80 Å². The fourth-order valence-corrected chi connectivity index (χ4v) is 15.0. The van der Waals surface area contributed by atoms with E-state index in [0.29, 0.717) is 5.92 Å². The standard InChI is InChI=1S/C65H73BN2S/c1-38-44-34-46-56(37-48(44)65(15)28-27-47(38)65)69-59-58(46)67(43-24-21-40(22-25-43)60(2,3)4)54-32-42(62(8,9)10)33-55-57(54)66(59)51-35-49-50(64(13,14)30-29-63(49,11)12)36-53(51)68(55)52-26-23-41(61(5,6)7)31-45(52)39-19-17-16-18-20-39/h16-26,31-38,47H,27-30H2,1-15H3. The first-order valence-electron chi connectivity index (χ1n) is 26.3. The van der Waals surface area contributed by atoms with Gasteiger partial charge in [0.15, 0.2) is 0 Å². The molecule has 0 saturated heterocycles. The van der Waals surface area contributed by atoms with E-state index in [1.54, 1.807) is 11.1 Å². The summed E-state index contributed by atoms with van der Waals surface area (Å²) >= 11 is 2.09. The van der Waals surface area contributed by atoms with Crippen molar-refractivity contribution in [2.24, 2.45) is 5.92 Å². The Balaban J connectivity index is 1.24. The maximum Gasteiger partial charge on any atom is 0.264 e. The third-order valence-electron chi connectivity index (χ3n) is 18.4. The van der Waals surface area contributed by atoms with Gasteiger partial charge >= 0.3 is 0 Å². The van der Waals surface area contributed by atoms with Crippen molar-refractivity contribution < 1.29 is 0 Å². The molecule has 7 aromatic rings. The highest BCUT2D eigenvalue weighted by atomic mass is 32.1. The van der Waals surface area contributed by atoms with E-state index in [-0.39, 0.29) is 39.2 Å². The van der Waals surface area contributed by atoms with Crippen molar-refractivity contribution in [2.45, 2.75) is 168 Å². The Morgan fingerprint density at radius 2 is 1.17 bits per heavy atom. The summed E-state index contributed by atoms with van der Waals surface area (Å²) < 4.78 is 2.92. The Morgan fingerprint density at radius 3 is 1.78 bits per heavy atom. The van der Waals surface area contributed by atoms with Crippen molar-refractivity contribution in [3.8, 4) is 11.1 Å². The minimum absolute atomic E-state index is 0.0114. The molecule has 5 aliphatic rings. The predicted octanol–water partition coefficient (Wildman–Crippen LogP) is 16.7. The Hall–Kier alpha value is -5.06. The molecule has 0 N–H and O–H groups in total. The lowest BCUT2D eigenvalue weighted by atomic mass is 9.35. The van der Waals surface area contributed by atoms with Gasteiger partial charge < -0.3 is 9.80 Å². The third-order valence-corrected chi connectivity index (χ3v) is 19.6. The van der Waals surface area contributed by atoms with Gasteiger partial charge in [0.1, 0.15) is 0 Å². The monoisotopic (exact) mass is 925 g/mol. The van der Waals surface area contributed by atoms with Crippen molar-refractivity contribution in [1.29, 1.82) is 0 Å². The highest BCUT2D eigenvalue weighted by molar-refractivity contribution is 7.33. The van der Waals surface area contributed by atoms with Crippen LogP contribution in [0.5, 0.6) is 0 Å². The first-order valence-corrected chi connectivity index (χ1v) is 27.1. The predicted molar refractivity (Wildman–Crippen MR) is 301 cm³/mol. The molecule has 3 heterocycles. The summed E-state index contributed by atoms with van der Waals surface area (Å²) in [5.74, 6) is 1.31. The van der Waals surface area contributed by atoms with Crippen molar-refractivity contribution in [3.05, 3.63) is 148 Å². The molecule has 0 radical (unpaired) electrons. The molecule has 352 valence electrons. The number of hydrogen-bond acceptors (Lipinski definition) is 3. The van der Waals surface area contributed by atoms with Crippen LogP contribution in [0.15, 0.2) is 109 Å². The molecule has 4 heteroatoms. The van der Waals surface area contributed by atoms with E-state index in [4.69, 9.17) is 0 Å². The summed E-state index contributed by atoms with van der Waals surface area (Å²) in [7, 11) is 0. The first-order chi connectivity index (χ1) is 32.4. The number of benzene rings is 6. The van der Waals surface area contributed by atoms with Crippen LogP contribution in [-0.2, 0) is 32.5 Å². The average Bonchev–Trinajstić information content (AvgIpc) is 3.71. The normalized spacial score (nSPS) is 21.8. The Bertz CT molecular complexity index is 3270. The minimum Gasteiger partial charge on any atom is -0.311 e. The number of fused-ring (bicyclic) bond motifs is 10. The SMILES string of the molecule is CC1c2cc3c4c(sc3cc2C2(C)CCC12)B1c2cc3c(cc2N(c2ccc(C(C)(C)C)cc2-c2ccccc2)c2cc(C(C)(C)C)cc(c21)N4c1ccc(C(C)(C)C)cc1)C(C)(C)CCC3(C)C. The number of nitrogens with zero attached hydrogens (tertiary/aromatic N) is 2. The smallest absolute Gasteiger partial charge is 0.264 e. The molecule has 0 bridgehead atoms. The van der Waals surface area contributed by atoms with Crippen molar-refractivity contribution in [3.63, 3.8) is 0 Å². The molecule has 1 saturated carbocycles. The van der Waals surface area contributed by atoms with E-state index in [1.807, 2.05) is 0 Å². The molecule has 0 spiro atoms. The molecular weight excluding hydrogens is 852 g/mol. The molecule has 3 aliphatic carbocycles. The average molecular weight is 925 g/mol. The van der Waals surface area contributed by atoms with E-state index in [2.05, 4.69) is 234 Å². The number of rotatable bonds is 3. The van der Waals surface area contributed by atoms with Crippen LogP contribution in [0, 0.1) is 5.92 Å². The van der Waals surface area contributed by atoms with Crippen LogP contribution in [-0.4, -0.2) is 6.71 Å². The number of hydrogen-bond donors (Lipinski definition) is 0. The molecule has 6 aromatic carbocycles. The lowest BCUT2D eigenvalue weighted by Crippen LogP contribution is -2.61. The van der Waals surface area contributed by atoms with Crippen molar-refractivity contribution in [1.82, 2.24) is 0 Å². The maximum absolute atomic E-state index is 2.74. The zero-order valence-corrected chi connectivity index (χ0v) is 45.1. The van der Waals surface area contributed by atoms with Gasteiger partial charge in [-0.1, -0.05) is 158 Å². The first kappa shape index (κ1) is 45.1. The van der Waals surface area contributed by atoms with Gasteiger partial charge in [0.05, 0.1) is 11.4 Å². The minimum atomic E-state index is -0.114. The summed E-state index contributed by atoms with van der Waals surface area (Å²) in [4.78, 5) is 5.46. The van der Waals surface area contributed by atoms with E-state index in [9.17, 15) is 0 Å². The quantitative estimate of drug-likeness (QED) is 0.163.